The van der Waals surface area contributed by atoms with Gasteiger partial charge >= 0.3 is 0 Å². The summed E-state index contributed by atoms with van der Waals surface area (Å²) in [7, 11) is 0. The Bertz CT molecular complexity index is 900. The summed E-state index contributed by atoms with van der Waals surface area (Å²) in [6.07, 6.45) is 1.07. The van der Waals surface area contributed by atoms with E-state index in [9.17, 15) is 4.79 Å². The van der Waals surface area contributed by atoms with E-state index in [1.54, 1.807) is 35.2 Å². The van der Waals surface area contributed by atoms with Crippen molar-refractivity contribution in [3.05, 3.63) is 64.0 Å². The molecule has 27 heavy (non-hydrogen) atoms. The largest absolute Gasteiger partial charge is 0.481 e. The van der Waals surface area contributed by atoms with E-state index in [0.717, 1.165) is 16.9 Å². The molecular formula is C21H25N3O2S. The van der Waals surface area contributed by atoms with E-state index in [1.807, 2.05) is 24.4 Å². The summed E-state index contributed by atoms with van der Waals surface area (Å²) in [5.74, 6) is 1.55. The van der Waals surface area contributed by atoms with Crippen molar-refractivity contribution in [2.45, 2.75) is 46.3 Å². The van der Waals surface area contributed by atoms with Gasteiger partial charge in [-0.2, -0.15) is 5.10 Å². The second-order valence-corrected chi connectivity index (χ2v) is 7.93. The molecule has 3 aromatic rings. The van der Waals surface area contributed by atoms with E-state index in [-0.39, 0.29) is 5.91 Å². The fraction of sp³-hybridized carbons (Fsp3) is 0.333. The van der Waals surface area contributed by atoms with Gasteiger partial charge in [-0.1, -0.05) is 32.0 Å². The Morgan fingerprint density at radius 3 is 2.78 bits per heavy atom. The van der Waals surface area contributed by atoms with Gasteiger partial charge in [-0.25, -0.2) is 4.68 Å². The van der Waals surface area contributed by atoms with Gasteiger partial charge in [-0.3, -0.25) is 4.79 Å². The van der Waals surface area contributed by atoms with Crippen LogP contribution >= 0.6 is 11.3 Å². The predicted molar refractivity (Wildman–Crippen MR) is 110 cm³/mol. The molecule has 2 heterocycles. The minimum atomic E-state index is -0.616. The Kier molecular flexibility index (Phi) is 5.96. The lowest BCUT2D eigenvalue weighted by atomic mass is 10.0. The van der Waals surface area contributed by atoms with Gasteiger partial charge in [0, 0.05) is 10.9 Å². The molecular weight excluding hydrogens is 358 g/mol. The second kappa shape index (κ2) is 8.39. The lowest BCUT2D eigenvalue weighted by Crippen LogP contribution is -2.31. The number of benzene rings is 1. The van der Waals surface area contributed by atoms with Gasteiger partial charge in [0.2, 0.25) is 0 Å². The zero-order valence-electron chi connectivity index (χ0n) is 16.1. The molecule has 0 aliphatic rings. The summed E-state index contributed by atoms with van der Waals surface area (Å²) < 4.78 is 7.78. The first kappa shape index (κ1) is 19.2. The first-order chi connectivity index (χ1) is 12.9. The second-order valence-electron chi connectivity index (χ2n) is 6.90. The number of anilines is 1. The highest BCUT2D eigenvalue weighted by atomic mass is 32.1. The van der Waals surface area contributed by atoms with E-state index < -0.39 is 6.10 Å². The number of aryl methyl sites for hydroxylation is 1. The number of rotatable bonds is 7. The summed E-state index contributed by atoms with van der Waals surface area (Å²) in [4.78, 5) is 13.8. The number of carbonyl (C=O) groups excluding carboxylic acids is 1. The first-order valence-corrected chi connectivity index (χ1v) is 9.94. The van der Waals surface area contributed by atoms with Gasteiger partial charge in [-0.15, -0.1) is 11.3 Å². The molecule has 0 aliphatic carbocycles. The predicted octanol–water partition coefficient (Wildman–Crippen LogP) is 4.83. The molecule has 142 valence electrons. The average Bonchev–Trinajstić information content (AvgIpc) is 3.27. The molecule has 1 N–H and O–H groups in total. The van der Waals surface area contributed by atoms with Crippen LogP contribution in [0.5, 0.6) is 5.75 Å². The first-order valence-electron chi connectivity index (χ1n) is 9.06. The maximum atomic E-state index is 12.7. The Morgan fingerprint density at radius 1 is 1.26 bits per heavy atom. The summed E-state index contributed by atoms with van der Waals surface area (Å²) in [6, 6.07) is 12.0. The molecule has 1 amide bonds. The molecule has 0 fully saturated rings. The van der Waals surface area contributed by atoms with Crippen LogP contribution in [0, 0.1) is 6.92 Å². The Balaban J connectivity index is 1.69. The van der Waals surface area contributed by atoms with Crippen LogP contribution in [0.1, 0.15) is 42.7 Å². The Labute approximate surface area is 164 Å². The minimum absolute atomic E-state index is 0.195. The molecule has 0 aliphatic heterocycles. The van der Waals surface area contributed by atoms with E-state index in [0.29, 0.717) is 18.3 Å². The Hall–Kier alpha value is -2.60. The van der Waals surface area contributed by atoms with Gasteiger partial charge in [-0.05, 0) is 48.4 Å². The third-order valence-corrected chi connectivity index (χ3v) is 5.18. The number of nitrogens with zero attached hydrogens (tertiary/aromatic N) is 2. The van der Waals surface area contributed by atoms with Gasteiger partial charge in [0.05, 0.1) is 12.7 Å². The van der Waals surface area contributed by atoms with E-state index in [2.05, 4.69) is 42.5 Å². The normalized spacial score (nSPS) is 12.2. The number of nitrogens with one attached hydrogen (secondary N) is 1. The number of ether oxygens (including phenoxy) is 1. The van der Waals surface area contributed by atoms with E-state index in [1.165, 1.54) is 4.88 Å². The number of amides is 1. The van der Waals surface area contributed by atoms with Crippen molar-refractivity contribution in [2.75, 3.05) is 5.32 Å². The molecule has 1 unspecified atom stereocenters. The molecule has 0 saturated carbocycles. The van der Waals surface area contributed by atoms with Crippen LogP contribution in [-0.4, -0.2) is 21.8 Å². The minimum Gasteiger partial charge on any atom is -0.481 e. The summed E-state index contributed by atoms with van der Waals surface area (Å²) >= 11 is 1.66. The highest BCUT2D eigenvalue weighted by molar-refractivity contribution is 7.09. The van der Waals surface area contributed by atoms with Crippen LogP contribution in [-0.2, 0) is 11.3 Å². The van der Waals surface area contributed by atoms with Crippen LogP contribution in [0.2, 0.25) is 0 Å². The van der Waals surface area contributed by atoms with E-state index in [4.69, 9.17) is 4.74 Å². The van der Waals surface area contributed by atoms with Crippen molar-refractivity contribution in [1.82, 2.24) is 9.78 Å². The fourth-order valence-electron chi connectivity index (χ4n) is 2.81. The number of aromatic nitrogens is 2. The summed E-state index contributed by atoms with van der Waals surface area (Å²) in [6.45, 7) is 8.65. The van der Waals surface area contributed by atoms with Gasteiger partial charge < -0.3 is 10.1 Å². The third-order valence-electron chi connectivity index (χ3n) is 4.32. The molecule has 1 atom stereocenters. The number of hydrogen-bond donors (Lipinski definition) is 1. The summed E-state index contributed by atoms with van der Waals surface area (Å²) in [5, 5.41) is 9.26. The average molecular weight is 384 g/mol. The molecule has 3 rings (SSSR count). The molecule has 1 aromatic carbocycles. The number of hydrogen-bond acceptors (Lipinski definition) is 4. The quantitative estimate of drug-likeness (QED) is 0.636. The molecule has 5 nitrogen and oxygen atoms in total. The smallest absolute Gasteiger partial charge is 0.266 e. The standard InChI is InChI=1S/C21H25N3O2S/c1-14(2)18-8-7-15(3)12-19(18)26-16(4)21(25)23-20-9-10-22-24(20)13-17-6-5-11-27-17/h5-12,14,16H,13H2,1-4H3,(H,23,25). The van der Waals surface area contributed by atoms with E-state index >= 15 is 0 Å². The molecule has 0 spiro atoms. The number of thiophene rings is 1. The van der Waals surface area contributed by atoms with Crippen LogP contribution in [0.25, 0.3) is 0 Å². The maximum absolute atomic E-state index is 12.7. The van der Waals surface area contributed by atoms with Crippen molar-refractivity contribution >= 4 is 23.1 Å². The third kappa shape index (κ3) is 4.77. The van der Waals surface area contributed by atoms with Crippen molar-refractivity contribution in [3.63, 3.8) is 0 Å². The molecule has 6 heteroatoms. The fourth-order valence-corrected chi connectivity index (χ4v) is 3.49. The lowest BCUT2D eigenvalue weighted by Gasteiger charge is -2.19. The van der Waals surface area contributed by atoms with Crippen molar-refractivity contribution in [1.29, 1.82) is 0 Å². The van der Waals surface area contributed by atoms with Gasteiger partial charge in [0.25, 0.3) is 5.91 Å². The van der Waals surface area contributed by atoms with Crippen LogP contribution in [0.3, 0.4) is 0 Å². The molecule has 0 radical (unpaired) electrons. The van der Waals surface area contributed by atoms with Crippen molar-refractivity contribution < 1.29 is 9.53 Å². The molecule has 0 saturated heterocycles. The number of carbonyl (C=O) groups is 1. The van der Waals surface area contributed by atoms with Gasteiger partial charge in [0.15, 0.2) is 6.10 Å². The van der Waals surface area contributed by atoms with Crippen LogP contribution in [0.15, 0.2) is 48.0 Å². The SMILES string of the molecule is Cc1ccc(C(C)C)c(OC(C)C(=O)Nc2ccnn2Cc2cccs2)c1. The van der Waals surface area contributed by atoms with Crippen molar-refractivity contribution in [2.24, 2.45) is 0 Å². The zero-order chi connectivity index (χ0) is 19.4. The van der Waals surface area contributed by atoms with Crippen LogP contribution in [0.4, 0.5) is 5.82 Å². The van der Waals surface area contributed by atoms with Crippen molar-refractivity contribution in [3.8, 4) is 5.75 Å². The van der Waals surface area contributed by atoms with Gasteiger partial charge in [0.1, 0.15) is 11.6 Å². The molecule has 0 bridgehead atoms. The highest BCUT2D eigenvalue weighted by Crippen LogP contribution is 2.28. The molecule has 2 aromatic heterocycles. The Morgan fingerprint density at radius 2 is 2.07 bits per heavy atom. The summed E-state index contributed by atoms with van der Waals surface area (Å²) in [5.41, 5.74) is 2.21. The maximum Gasteiger partial charge on any atom is 0.266 e. The zero-order valence-corrected chi connectivity index (χ0v) is 16.9. The lowest BCUT2D eigenvalue weighted by molar-refractivity contribution is -0.122. The monoisotopic (exact) mass is 383 g/mol. The van der Waals surface area contributed by atoms with Crippen LogP contribution < -0.4 is 10.1 Å². The topological polar surface area (TPSA) is 56.1 Å². The highest BCUT2D eigenvalue weighted by Gasteiger charge is 2.19.